The molecule has 0 fully saturated rings. The minimum Gasteiger partial charge on any atom is -0.483 e. The zero-order valence-electron chi connectivity index (χ0n) is 13.2. The molecule has 1 aromatic rings. The maximum atomic E-state index is 11.6. The third kappa shape index (κ3) is 8.52. The Kier molecular flexibility index (Phi) is 8.59. The summed E-state index contributed by atoms with van der Waals surface area (Å²) in [6, 6.07) is 6.89. The standard InChI is InChI=1S/C16H21N3O5/c17-14(20)11-24-13-7-5-4-6-12(13)10-18-19-15(21)8-2-1-3-9-16(22)23/h4-7,10H,1-3,8-9,11H2,(H2,17,20)(H,19,21)(H,22,23)/b18-10+. The number of carbonyl (C=O) groups excluding carboxylic acids is 2. The first-order chi connectivity index (χ1) is 11.5. The normalized spacial score (nSPS) is 10.5. The van der Waals surface area contributed by atoms with E-state index in [-0.39, 0.29) is 25.4 Å². The average Bonchev–Trinajstić information content (AvgIpc) is 2.53. The zero-order valence-corrected chi connectivity index (χ0v) is 13.2. The van der Waals surface area contributed by atoms with Crippen molar-refractivity contribution in [3.8, 4) is 5.75 Å². The number of hydrogen-bond acceptors (Lipinski definition) is 5. The number of rotatable bonds is 11. The molecule has 0 bridgehead atoms. The summed E-state index contributed by atoms with van der Waals surface area (Å²) in [6.45, 7) is -0.243. The minimum atomic E-state index is -0.832. The predicted octanol–water partition coefficient (Wildman–Crippen LogP) is 1.04. The van der Waals surface area contributed by atoms with Gasteiger partial charge in [-0.05, 0) is 25.0 Å². The summed E-state index contributed by atoms with van der Waals surface area (Å²) in [5, 5.41) is 12.3. The molecule has 0 heterocycles. The van der Waals surface area contributed by atoms with Gasteiger partial charge in [0.1, 0.15) is 5.75 Å². The highest BCUT2D eigenvalue weighted by Gasteiger charge is 2.04. The van der Waals surface area contributed by atoms with E-state index in [1.807, 2.05) is 0 Å². The molecule has 24 heavy (non-hydrogen) atoms. The molecule has 4 N–H and O–H groups in total. The molecule has 0 unspecified atom stereocenters. The summed E-state index contributed by atoms with van der Waals surface area (Å²) in [4.78, 5) is 32.7. The number of nitrogens with zero attached hydrogens (tertiary/aromatic N) is 1. The number of ether oxygens (including phenoxy) is 1. The van der Waals surface area contributed by atoms with Crippen molar-refractivity contribution < 1.29 is 24.2 Å². The van der Waals surface area contributed by atoms with Gasteiger partial charge in [0.15, 0.2) is 6.61 Å². The highest BCUT2D eigenvalue weighted by Crippen LogP contribution is 2.15. The Hall–Kier alpha value is -2.90. The maximum absolute atomic E-state index is 11.6. The lowest BCUT2D eigenvalue weighted by Gasteiger charge is -2.06. The van der Waals surface area contributed by atoms with E-state index in [0.717, 1.165) is 0 Å². The molecule has 0 atom stereocenters. The summed E-state index contributed by atoms with van der Waals surface area (Å²) < 4.78 is 5.24. The first-order valence-electron chi connectivity index (χ1n) is 7.53. The van der Waals surface area contributed by atoms with Gasteiger partial charge in [-0.2, -0.15) is 5.10 Å². The number of hydrazone groups is 1. The molecule has 0 aliphatic carbocycles. The Morgan fingerprint density at radius 1 is 1.17 bits per heavy atom. The first kappa shape index (κ1) is 19.1. The number of hydrogen-bond donors (Lipinski definition) is 3. The predicted molar refractivity (Wildman–Crippen MR) is 87.6 cm³/mol. The molecule has 8 nitrogen and oxygen atoms in total. The zero-order chi connectivity index (χ0) is 17.8. The van der Waals surface area contributed by atoms with Gasteiger partial charge in [-0.1, -0.05) is 18.6 Å². The Morgan fingerprint density at radius 3 is 2.58 bits per heavy atom. The number of carboxylic acids is 1. The smallest absolute Gasteiger partial charge is 0.303 e. The van der Waals surface area contributed by atoms with Crippen molar-refractivity contribution in [3.05, 3.63) is 29.8 Å². The van der Waals surface area contributed by atoms with Crippen LogP contribution in [0.15, 0.2) is 29.4 Å². The summed E-state index contributed by atoms with van der Waals surface area (Å²) in [5.74, 6) is -1.24. The second-order valence-corrected chi connectivity index (χ2v) is 5.04. The molecular weight excluding hydrogens is 314 g/mol. The van der Waals surface area contributed by atoms with E-state index in [4.69, 9.17) is 15.6 Å². The molecule has 0 radical (unpaired) electrons. The third-order valence-electron chi connectivity index (χ3n) is 2.98. The topological polar surface area (TPSA) is 131 Å². The van der Waals surface area contributed by atoms with Crippen molar-refractivity contribution in [2.75, 3.05) is 6.61 Å². The van der Waals surface area contributed by atoms with Crippen LogP contribution in [0.4, 0.5) is 0 Å². The largest absolute Gasteiger partial charge is 0.483 e. The molecular formula is C16H21N3O5. The number of primary amides is 1. The van der Waals surface area contributed by atoms with E-state index in [9.17, 15) is 14.4 Å². The number of nitrogens with one attached hydrogen (secondary N) is 1. The number of para-hydroxylation sites is 1. The van der Waals surface area contributed by atoms with Crippen molar-refractivity contribution >= 4 is 24.0 Å². The lowest BCUT2D eigenvalue weighted by atomic mass is 10.1. The first-order valence-corrected chi connectivity index (χ1v) is 7.53. The molecule has 0 spiro atoms. The second-order valence-electron chi connectivity index (χ2n) is 5.04. The van der Waals surface area contributed by atoms with Crippen molar-refractivity contribution in [1.29, 1.82) is 0 Å². The van der Waals surface area contributed by atoms with E-state index in [0.29, 0.717) is 30.6 Å². The minimum absolute atomic E-state index is 0.113. The van der Waals surface area contributed by atoms with Gasteiger partial charge in [0, 0.05) is 18.4 Å². The number of carboxylic acid groups (broad SMARTS) is 1. The molecule has 0 saturated carbocycles. The van der Waals surface area contributed by atoms with Crippen molar-refractivity contribution in [2.24, 2.45) is 10.8 Å². The Balaban J connectivity index is 2.37. The molecule has 1 rings (SSSR count). The quantitative estimate of drug-likeness (QED) is 0.316. The summed E-state index contributed by atoms with van der Waals surface area (Å²) in [7, 11) is 0. The summed E-state index contributed by atoms with van der Waals surface area (Å²) >= 11 is 0. The van der Waals surface area contributed by atoms with Gasteiger partial charge in [-0.3, -0.25) is 14.4 Å². The highest BCUT2D eigenvalue weighted by molar-refractivity contribution is 5.85. The Labute approximate surface area is 139 Å². The molecule has 1 aromatic carbocycles. The third-order valence-corrected chi connectivity index (χ3v) is 2.98. The number of benzene rings is 1. The van der Waals surface area contributed by atoms with E-state index in [2.05, 4.69) is 10.5 Å². The van der Waals surface area contributed by atoms with Crippen LogP contribution >= 0.6 is 0 Å². The van der Waals surface area contributed by atoms with Crippen LogP contribution in [0.2, 0.25) is 0 Å². The van der Waals surface area contributed by atoms with Crippen LogP contribution in [0.25, 0.3) is 0 Å². The SMILES string of the molecule is NC(=O)COc1ccccc1/C=N/NC(=O)CCCCCC(=O)O. The van der Waals surface area contributed by atoms with Gasteiger partial charge in [-0.15, -0.1) is 0 Å². The van der Waals surface area contributed by atoms with Crippen molar-refractivity contribution in [1.82, 2.24) is 5.43 Å². The van der Waals surface area contributed by atoms with Crippen LogP contribution in [-0.2, 0) is 14.4 Å². The van der Waals surface area contributed by atoms with Gasteiger partial charge >= 0.3 is 5.97 Å². The Bertz CT molecular complexity index is 601. The fraction of sp³-hybridized carbons (Fsp3) is 0.375. The molecule has 8 heteroatoms. The van der Waals surface area contributed by atoms with Crippen LogP contribution < -0.4 is 15.9 Å². The van der Waals surface area contributed by atoms with Gasteiger partial charge in [0.2, 0.25) is 5.91 Å². The van der Waals surface area contributed by atoms with Crippen LogP contribution in [0.5, 0.6) is 5.75 Å². The maximum Gasteiger partial charge on any atom is 0.303 e. The fourth-order valence-corrected chi connectivity index (χ4v) is 1.84. The van der Waals surface area contributed by atoms with Crippen LogP contribution in [0, 0.1) is 0 Å². The molecule has 0 aliphatic rings. The van der Waals surface area contributed by atoms with Crippen LogP contribution in [-0.4, -0.2) is 35.7 Å². The molecule has 0 saturated heterocycles. The molecule has 0 aromatic heterocycles. The van der Waals surface area contributed by atoms with Gasteiger partial charge in [0.05, 0.1) is 6.21 Å². The molecule has 130 valence electrons. The number of aliphatic carboxylic acids is 1. The van der Waals surface area contributed by atoms with Crippen LogP contribution in [0.3, 0.4) is 0 Å². The number of amides is 2. The number of nitrogens with two attached hydrogens (primary N) is 1. The van der Waals surface area contributed by atoms with Gasteiger partial charge in [-0.25, -0.2) is 5.43 Å². The second kappa shape index (κ2) is 10.8. The van der Waals surface area contributed by atoms with Crippen molar-refractivity contribution in [3.63, 3.8) is 0 Å². The lowest BCUT2D eigenvalue weighted by Crippen LogP contribution is -2.20. The molecule has 2 amide bonds. The van der Waals surface area contributed by atoms with E-state index in [1.165, 1.54) is 6.21 Å². The monoisotopic (exact) mass is 335 g/mol. The molecule has 0 aliphatic heterocycles. The van der Waals surface area contributed by atoms with E-state index in [1.54, 1.807) is 24.3 Å². The lowest BCUT2D eigenvalue weighted by molar-refractivity contribution is -0.137. The van der Waals surface area contributed by atoms with Gasteiger partial charge in [0.25, 0.3) is 5.91 Å². The van der Waals surface area contributed by atoms with Gasteiger partial charge < -0.3 is 15.6 Å². The van der Waals surface area contributed by atoms with Crippen molar-refractivity contribution in [2.45, 2.75) is 32.1 Å². The average molecular weight is 335 g/mol. The summed E-state index contributed by atoms with van der Waals surface area (Å²) in [6.07, 6.45) is 3.63. The number of unbranched alkanes of at least 4 members (excludes halogenated alkanes) is 2. The van der Waals surface area contributed by atoms with Crippen LogP contribution in [0.1, 0.15) is 37.7 Å². The summed E-state index contributed by atoms with van der Waals surface area (Å²) in [5.41, 5.74) is 8.02. The Morgan fingerprint density at radius 2 is 1.88 bits per heavy atom. The highest BCUT2D eigenvalue weighted by atomic mass is 16.5. The van der Waals surface area contributed by atoms with E-state index < -0.39 is 11.9 Å². The number of carbonyl (C=O) groups is 3. The fourth-order valence-electron chi connectivity index (χ4n) is 1.84. The van der Waals surface area contributed by atoms with E-state index >= 15 is 0 Å².